The number of piperazine rings is 1. The zero-order valence-corrected chi connectivity index (χ0v) is 16.1. The van der Waals surface area contributed by atoms with E-state index in [0.29, 0.717) is 39.0 Å². The molecule has 4 heteroatoms. The molecule has 0 bridgehead atoms. The van der Waals surface area contributed by atoms with Crippen molar-refractivity contribution in [2.75, 3.05) is 26.2 Å². The minimum atomic E-state index is 0.186. The van der Waals surface area contributed by atoms with E-state index in [2.05, 4.69) is 43.3 Å². The summed E-state index contributed by atoms with van der Waals surface area (Å²) in [5, 5.41) is 0. The van der Waals surface area contributed by atoms with Gasteiger partial charge in [-0.3, -0.25) is 9.59 Å². The normalized spacial score (nSPS) is 14.3. The highest BCUT2D eigenvalue weighted by molar-refractivity contribution is 5.78. The van der Waals surface area contributed by atoms with E-state index in [1.165, 1.54) is 16.7 Å². The van der Waals surface area contributed by atoms with Gasteiger partial charge < -0.3 is 9.80 Å². The third kappa shape index (κ3) is 5.68. The van der Waals surface area contributed by atoms with Crippen molar-refractivity contribution in [2.24, 2.45) is 0 Å². The topological polar surface area (TPSA) is 40.6 Å². The summed E-state index contributed by atoms with van der Waals surface area (Å²) in [6.07, 6.45) is 2.61. The third-order valence-corrected chi connectivity index (χ3v) is 5.20. The summed E-state index contributed by atoms with van der Waals surface area (Å²) in [5.74, 6) is 0.373. The third-order valence-electron chi connectivity index (χ3n) is 5.20. The standard InChI is InChI=1S/C23H28N2O2/c1-19-7-9-21(10-8-19)12-14-23(27)25-17-15-24(16-18-25)22(26)13-11-20-5-3-2-4-6-20/h2-10H,11-18H2,1H3. The molecular formula is C23H28N2O2. The average molecular weight is 364 g/mol. The highest BCUT2D eigenvalue weighted by atomic mass is 16.2. The van der Waals surface area contributed by atoms with Gasteiger partial charge in [0, 0.05) is 39.0 Å². The van der Waals surface area contributed by atoms with Crippen molar-refractivity contribution in [3.8, 4) is 0 Å². The quantitative estimate of drug-likeness (QED) is 0.790. The van der Waals surface area contributed by atoms with E-state index in [4.69, 9.17) is 0 Å². The Morgan fingerprint density at radius 3 is 1.63 bits per heavy atom. The molecule has 1 fully saturated rings. The van der Waals surface area contributed by atoms with E-state index < -0.39 is 0 Å². The highest BCUT2D eigenvalue weighted by Crippen LogP contribution is 2.11. The van der Waals surface area contributed by atoms with Gasteiger partial charge in [0.05, 0.1) is 0 Å². The molecule has 0 aromatic heterocycles. The number of rotatable bonds is 6. The number of aryl methyl sites for hydroxylation is 3. The molecule has 1 aliphatic heterocycles. The Hall–Kier alpha value is -2.62. The van der Waals surface area contributed by atoms with Gasteiger partial charge in [-0.25, -0.2) is 0 Å². The van der Waals surface area contributed by atoms with Crippen LogP contribution >= 0.6 is 0 Å². The van der Waals surface area contributed by atoms with Gasteiger partial charge in [0.15, 0.2) is 0 Å². The molecule has 0 spiro atoms. The molecule has 2 aromatic carbocycles. The molecule has 1 heterocycles. The van der Waals surface area contributed by atoms with Crippen molar-refractivity contribution >= 4 is 11.8 Å². The maximum Gasteiger partial charge on any atom is 0.223 e. The molecule has 0 unspecified atom stereocenters. The fourth-order valence-corrected chi connectivity index (χ4v) is 3.42. The molecule has 2 aromatic rings. The minimum absolute atomic E-state index is 0.186. The summed E-state index contributed by atoms with van der Waals surface area (Å²) < 4.78 is 0. The zero-order valence-electron chi connectivity index (χ0n) is 16.1. The molecule has 0 aliphatic carbocycles. The van der Waals surface area contributed by atoms with Gasteiger partial charge in [-0.1, -0.05) is 60.2 Å². The molecule has 0 atom stereocenters. The largest absolute Gasteiger partial charge is 0.339 e. The van der Waals surface area contributed by atoms with Crippen LogP contribution in [0.4, 0.5) is 0 Å². The van der Waals surface area contributed by atoms with Crippen LogP contribution in [-0.4, -0.2) is 47.8 Å². The Balaban J connectivity index is 1.39. The van der Waals surface area contributed by atoms with Gasteiger partial charge in [-0.15, -0.1) is 0 Å². The molecule has 1 saturated heterocycles. The van der Waals surface area contributed by atoms with Gasteiger partial charge in [0.1, 0.15) is 0 Å². The van der Waals surface area contributed by atoms with Gasteiger partial charge in [-0.05, 0) is 30.9 Å². The SMILES string of the molecule is Cc1ccc(CCC(=O)N2CCN(C(=O)CCc3ccccc3)CC2)cc1. The van der Waals surface area contributed by atoms with Crippen LogP contribution in [0.3, 0.4) is 0 Å². The molecule has 1 aliphatic rings. The summed E-state index contributed by atoms with van der Waals surface area (Å²) in [7, 11) is 0. The first-order valence-electron chi connectivity index (χ1n) is 9.77. The lowest BCUT2D eigenvalue weighted by molar-refractivity contribution is -0.139. The van der Waals surface area contributed by atoms with Crippen LogP contribution in [0.5, 0.6) is 0 Å². The number of carbonyl (C=O) groups is 2. The predicted molar refractivity (Wildman–Crippen MR) is 107 cm³/mol. The number of amides is 2. The second kappa shape index (κ2) is 9.36. The van der Waals surface area contributed by atoms with Gasteiger partial charge >= 0.3 is 0 Å². The highest BCUT2D eigenvalue weighted by Gasteiger charge is 2.23. The van der Waals surface area contributed by atoms with E-state index in [1.807, 2.05) is 28.0 Å². The molecule has 4 nitrogen and oxygen atoms in total. The summed E-state index contributed by atoms with van der Waals surface area (Å²) in [5.41, 5.74) is 3.62. The smallest absolute Gasteiger partial charge is 0.223 e. The summed E-state index contributed by atoms with van der Waals surface area (Å²) in [6.45, 7) is 4.64. The Morgan fingerprint density at radius 1 is 0.704 bits per heavy atom. The van der Waals surface area contributed by atoms with E-state index in [9.17, 15) is 9.59 Å². The Labute approximate surface area is 161 Å². The van der Waals surface area contributed by atoms with Crippen molar-refractivity contribution in [1.82, 2.24) is 9.80 Å². The van der Waals surface area contributed by atoms with Gasteiger partial charge in [0.25, 0.3) is 0 Å². The maximum absolute atomic E-state index is 12.4. The van der Waals surface area contributed by atoms with Crippen LogP contribution in [0.1, 0.15) is 29.5 Å². The van der Waals surface area contributed by atoms with Crippen LogP contribution in [0, 0.1) is 6.92 Å². The van der Waals surface area contributed by atoms with E-state index >= 15 is 0 Å². The van der Waals surface area contributed by atoms with E-state index in [1.54, 1.807) is 0 Å². The molecular weight excluding hydrogens is 336 g/mol. The van der Waals surface area contributed by atoms with Crippen molar-refractivity contribution < 1.29 is 9.59 Å². The molecule has 142 valence electrons. The predicted octanol–water partition coefficient (Wildman–Crippen LogP) is 3.23. The first kappa shape index (κ1) is 19.2. The van der Waals surface area contributed by atoms with E-state index in [-0.39, 0.29) is 11.8 Å². The minimum Gasteiger partial charge on any atom is -0.339 e. The van der Waals surface area contributed by atoms with Crippen molar-refractivity contribution in [2.45, 2.75) is 32.6 Å². The Morgan fingerprint density at radius 2 is 1.15 bits per heavy atom. The maximum atomic E-state index is 12.4. The number of benzene rings is 2. The van der Waals surface area contributed by atoms with Crippen LogP contribution in [0.15, 0.2) is 54.6 Å². The van der Waals surface area contributed by atoms with Gasteiger partial charge in [0.2, 0.25) is 11.8 Å². The van der Waals surface area contributed by atoms with Crippen molar-refractivity contribution in [3.05, 3.63) is 71.3 Å². The number of hydrogen-bond donors (Lipinski definition) is 0. The van der Waals surface area contributed by atoms with Crippen LogP contribution in [0.25, 0.3) is 0 Å². The second-order valence-electron chi connectivity index (χ2n) is 7.23. The first-order valence-corrected chi connectivity index (χ1v) is 9.77. The Kier molecular flexibility index (Phi) is 6.64. The van der Waals surface area contributed by atoms with Crippen LogP contribution in [-0.2, 0) is 22.4 Å². The number of hydrogen-bond acceptors (Lipinski definition) is 2. The lowest BCUT2D eigenvalue weighted by atomic mass is 10.1. The summed E-state index contributed by atoms with van der Waals surface area (Å²) in [6, 6.07) is 18.4. The number of carbonyl (C=O) groups excluding carboxylic acids is 2. The fraction of sp³-hybridized carbons (Fsp3) is 0.391. The van der Waals surface area contributed by atoms with Gasteiger partial charge in [-0.2, -0.15) is 0 Å². The van der Waals surface area contributed by atoms with Crippen molar-refractivity contribution in [3.63, 3.8) is 0 Å². The first-order chi connectivity index (χ1) is 13.1. The molecule has 0 N–H and O–H groups in total. The zero-order chi connectivity index (χ0) is 19.1. The lowest BCUT2D eigenvalue weighted by Crippen LogP contribution is -2.50. The second-order valence-corrected chi connectivity index (χ2v) is 7.23. The lowest BCUT2D eigenvalue weighted by Gasteiger charge is -2.35. The summed E-state index contributed by atoms with van der Waals surface area (Å²) in [4.78, 5) is 28.7. The molecule has 3 rings (SSSR count). The van der Waals surface area contributed by atoms with Crippen LogP contribution in [0.2, 0.25) is 0 Å². The molecule has 0 radical (unpaired) electrons. The molecule has 27 heavy (non-hydrogen) atoms. The Bertz CT molecular complexity index is 748. The number of nitrogens with zero attached hydrogens (tertiary/aromatic N) is 2. The van der Waals surface area contributed by atoms with E-state index in [0.717, 1.165) is 12.8 Å². The fourth-order valence-electron chi connectivity index (χ4n) is 3.42. The summed E-state index contributed by atoms with van der Waals surface area (Å²) >= 11 is 0. The monoisotopic (exact) mass is 364 g/mol. The molecule has 2 amide bonds. The van der Waals surface area contributed by atoms with Crippen LogP contribution < -0.4 is 0 Å². The van der Waals surface area contributed by atoms with Crippen molar-refractivity contribution in [1.29, 1.82) is 0 Å². The molecule has 0 saturated carbocycles. The average Bonchev–Trinajstić information content (AvgIpc) is 2.72.